The average molecular weight is 440 g/mol. The molecule has 1 aliphatic rings. The van der Waals surface area contributed by atoms with Crippen molar-refractivity contribution in [3.8, 4) is 11.5 Å². The highest BCUT2D eigenvalue weighted by Crippen LogP contribution is 2.41. The first kappa shape index (κ1) is 23.3. The topological polar surface area (TPSA) is 82.1 Å². The van der Waals surface area contributed by atoms with Crippen molar-refractivity contribution in [2.45, 2.75) is 38.8 Å². The third-order valence-corrected chi connectivity index (χ3v) is 5.70. The lowest BCUT2D eigenvalue weighted by Crippen LogP contribution is -2.67. The Morgan fingerprint density at radius 2 is 1.44 bits per heavy atom. The van der Waals surface area contributed by atoms with Gasteiger partial charge in [-0.05, 0) is 48.7 Å². The van der Waals surface area contributed by atoms with E-state index in [-0.39, 0.29) is 18.3 Å². The summed E-state index contributed by atoms with van der Waals surface area (Å²) in [5.41, 5.74) is 1.58. The molecule has 2 atom stereocenters. The van der Waals surface area contributed by atoms with Crippen molar-refractivity contribution in [3.05, 3.63) is 59.7 Å². The van der Waals surface area contributed by atoms with Crippen LogP contribution in [-0.2, 0) is 19.1 Å². The summed E-state index contributed by atoms with van der Waals surface area (Å²) < 4.78 is 15.9. The van der Waals surface area contributed by atoms with Crippen molar-refractivity contribution in [1.82, 2.24) is 4.90 Å². The van der Waals surface area contributed by atoms with Gasteiger partial charge < -0.3 is 19.1 Å². The molecule has 2 aromatic rings. The largest absolute Gasteiger partial charge is 0.497 e. The minimum atomic E-state index is -1.02. The summed E-state index contributed by atoms with van der Waals surface area (Å²) in [6.07, 6.45) is 1.59. The zero-order valence-corrected chi connectivity index (χ0v) is 18.9. The monoisotopic (exact) mass is 439 g/mol. The van der Waals surface area contributed by atoms with E-state index in [1.165, 1.54) is 11.8 Å². The first-order chi connectivity index (χ1) is 15.4. The summed E-state index contributed by atoms with van der Waals surface area (Å²) in [5, 5.41) is 0. The Bertz CT molecular complexity index is 906. The average Bonchev–Trinajstić information content (AvgIpc) is 2.80. The predicted molar refractivity (Wildman–Crippen MR) is 119 cm³/mol. The van der Waals surface area contributed by atoms with E-state index in [4.69, 9.17) is 14.2 Å². The van der Waals surface area contributed by atoms with E-state index < -0.39 is 24.0 Å². The summed E-state index contributed by atoms with van der Waals surface area (Å²) >= 11 is 0. The molecule has 0 aliphatic carbocycles. The molecule has 0 radical (unpaired) electrons. The first-order valence-electron chi connectivity index (χ1n) is 10.7. The van der Waals surface area contributed by atoms with Gasteiger partial charge in [-0.2, -0.15) is 0 Å². The van der Waals surface area contributed by atoms with Crippen LogP contribution in [0.5, 0.6) is 11.5 Å². The van der Waals surface area contributed by atoms with Gasteiger partial charge in [-0.3, -0.25) is 9.59 Å². The molecule has 0 aromatic heterocycles. The Kier molecular flexibility index (Phi) is 7.51. The van der Waals surface area contributed by atoms with E-state index >= 15 is 0 Å². The van der Waals surface area contributed by atoms with E-state index in [1.807, 2.05) is 31.2 Å². The van der Waals surface area contributed by atoms with Gasteiger partial charge in [0.05, 0.1) is 26.9 Å². The molecule has 7 heteroatoms. The molecule has 1 saturated heterocycles. The Hall–Kier alpha value is -3.35. The molecule has 0 N–H and O–H groups in total. The number of benzene rings is 2. The number of Topliss-reactive ketones (excluding diaryl/α,β-unsaturated/α-hetero) is 1. The summed E-state index contributed by atoms with van der Waals surface area (Å²) in [6, 6.07) is 13.1. The van der Waals surface area contributed by atoms with Crippen LogP contribution in [0.25, 0.3) is 0 Å². The van der Waals surface area contributed by atoms with Gasteiger partial charge in [-0.1, -0.05) is 37.6 Å². The Labute approximate surface area is 188 Å². The van der Waals surface area contributed by atoms with Gasteiger partial charge in [0.2, 0.25) is 5.91 Å². The molecule has 1 amide bonds. The van der Waals surface area contributed by atoms with E-state index in [1.54, 1.807) is 38.5 Å². The highest BCUT2D eigenvalue weighted by Gasteiger charge is 2.57. The zero-order chi connectivity index (χ0) is 23.3. The molecular weight excluding hydrogens is 410 g/mol. The summed E-state index contributed by atoms with van der Waals surface area (Å²) in [4.78, 5) is 39.7. The van der Waals surface area contributed by atoms with Crippen LogP contribution in [0, 0.1) is 5.92 Å². The van der Waals surface area contributed by atoms with Crippen molar-refractivity contribution in [3.63, 3.8) is 0 Å². The standard InChI is InChI=1S/C25H29NO6/c1-5-6-15-32-25(29)23-21(16(2)27)24(28)26(23)22(17-7-11-19(30-3)12-8-17)18-9-13-20(31-4)14-10-18/h7-14,21-23H,5-6,15H2,1-4H3/t21-,23+/m0/s1. The number of hydrogen-bond donors (Lipinski definition) is 0. The molecule has 1 heterocycles. The van der Waals surface area contributed by atoms with Gasteiger partial charge in [0.15, 0.2) is 0 Å². The highest BCUT2D eigenvalue weighted by molar-refractivity contribution is 6.11. The molecule has 2 aromatic carbocycles. The molecule has 170 valence electrons. The van der Waals surface area contributed by atoms with Gasteiger partial charge in [0.1, 0.15) is 29.2 Å². The van der Waals surface area contributed by atoms with Gasteiger partial charge in [-0.25, -0.2) is 4.79 Å². The number of rotatable bonds is 10. The minimum absolute atomic E-state index is 0.258. The van der Waals surface area contributed by atoms with Gasteiger partial charge in [0.25, 0.3) is 0 Å². The number of unbranched alkanes of at least 4 members (excludes halogenated alkanes) is 1. The first-order valence-corrected chi connectivity index (χ1v) is 10.7. The maximum atomic E-state index is 13.1. The van der Waals surface area contributed by atoms with Crippen molar-refractivity contribution >= 4 is 17.7 Å². The smallest absolute Gasteiger partial charge is 0.330 e. The third kappa shape index (κ3) is 4.61. The van der Waals surface area contributed by atoms with Crippen molar-refractivity contribution < 1.29 is 28.6 Å². The van der Waals surface area contributed by atoms with Crippen molar-refractivity contribution in [2.24, 2.45) is 5.92 Å². The van der Waals surface area contributed by atoms with E-state index in [2.05, 4.69) is 0 Å². The van der Waals surface area contributed by atoms with Crippen LogP contribution >= 0.6 is 0 Å². The van der Waals surface area contributed by atoms with Crippen molar-refractivity contribution in [2.75, 3.05) is 20.8 Å². The number of amides is 1. The normalized spacial score (nSPS) is 17.7. The summed E-state index contributed by atoms with van der Waals surface area (Å²) in [6.45, 7) is 3.59. The Balaban J connectivity index is 2.02. The number of ether oxygens (including phenoxy) is 3. The fourth-order valence-electron chi connectivity index (χ4n) is 3.93. The molecule has 0 spiro atoms. The molecule has 1 fully saturated rings. The van der Waals surface area contributed by atoms with Crippen molar-refractivity contribution in [1.29, 1.82) is 0 Å². The number of carbonyl (C=O) groups is 3. The number of carbonyl (C=O) groups excluding carboxylic acids is 3. The quantitative estimate of drug-likeness (QED) is 0.244. The second-order valence-corrected chi connectivity index (χ2v) is 7.75. The fourth-order valence-corrected chi connectivity index (χ4v) is 3.93. The highest BCUT2D eigenvalue weighted by atomic mass is 16.5. The van der Waals surface area contributed by atoms with Crippen LogP contribution in [0.4, 0.5) is 0 Å². The van der Waals surface area contributed by atoms with Crippen LogP contribution < -0.4 is 9.47 Å². The summed E-state index contributed by atoms with van der Waals surface area (Å²) in [7, 11) is 3.16. The van der Waals surface area contributed by atoms with Gasteiger partial charge in [0, 0.05) is 0 Å². The lowest BCUT2D eigenvalue weighted by Gasteiger charge is -2.48. The SMILES string of the molecule is CCCCOC(=O)[C@H]1[C@H](C(C)=O)C(=O)N1C(c1ccc(OC)cc1)c1ccc(OC)cc1. The van der Waals surface area contributed by atoms with Crippen LogP contribution in [0.1, 0.15) is 43.9 Å². The molecule has 1 aliphatic heterocycles. The van der Waals surface area contributed by atoms with Crippen LogP contribution in [0.3, 0.4) is 0 Å². The lowest BCUT2D eigenvalue weighted by molar-refractivity contribution is -0.179. The van der Waals surface area contributed by atoms with E-state index in [0.717, 1.165) is 24.0 Å². The maximum Gasteiger partial charge on any atom is 0.330 e. The number of β-lactam (4-membered cyclic amide) rings is 1. The fraction of sp³-hybridized carbons (Fsp3) is 0.400. The number of methoxy groups -OCH3 is 2. The zero-order valence-electron chi connectivity index (χ0n) is 18.9. The molecule has 7 nitrogen and oxygen atoms in total. The second kappa shape index (κ2) is 10.3. The van der Waals surface area contributed by atoms with Crippen LogP contribution in [0.2, 0.25) is 0 Å². The van der Waals surface area contributed by atoms with Gasteiger partial charge >= 0.3 is 5.97 Å². The molecule has 32 heavy (non-hydrogen) atoms. The van der Waals surface area contributed by atoms with Crippen LogP contribution in [-0.4, -0.2) is 49.4 Å². The Morgan fingerprint density at radius 3 is 1.84 bits per heavy atom. The number of nitrogens with zero attached hydrogens (tertiary/aromatic N) is 1. The number of ketones is 1. The molecular formula is C25H29NO6. The van der Waals surface area contributed by atoms with E-state index in [9.17, 15) is 14.4 Å². The number of likely N-dealkylation sites (tertiary alicyclic amines) is 1. The number of esters is 1. The summed E-state index contributed by atoms with van der Waals surface area (Å²) in [5.74, 6) is -0.949. The predicted octanol–water partition coefficient (Wildman–Crippen LogP) is 3.55. The molecule has 3 rings (SSSR count). The second-order valence-electron chi connectivity index (χ2n) is 7.75. The lowest BCUT2D eigenvalue weighted by atomic mass is 9.80. The third-order valence-electron chi connectivity index (χ3n) is 5.70. The minimum Gasteiger partial charge on any atom is -0.497 e. The molecule has 0 unspecified atom stereocenters. The Morgan fingerprint density at radius 1 is 0.938 bits per heavy atom. The number of hydrogen-bond acceptors (Lipinski definition) is 6. The molecule has 0 bridgehead atoms. The molecule has 0 saturated carbocycles. The van der Waals surface area contributed by atoms with Gasteiger partial charge in [-0.15, -0.1) is 0 Å². The van der Waals surface area contributed by atoms with Crippen LogP contribution in [0.15, 0.2) is 48.5 Å². The maximum absolute atomic E-state index is 13.1. The van der Waals surface area contributed by atoms with E-state index in [0.29, 0.717) is 11.5 Å².